The number of aliphatic hydroxyl groups is 1. The van der Waals surface area contributed by atoms with Gasteiger partial charge in [0.25, 0.3) is 10.1 Å². The molecule has 0 aliphatic rings. The lowest BCUT2D eigenvalue weighted by molar-refractivity contribution is -0.122. The van der Waals surface area contributed by atoms with Crippen molar-refractivity contribution >= 4 is 16.0 Å². The molecule has 0 aromatic rings. The summed E-state index contributed by atoms with van der Waals surface area (Å²) in [6.45, 7) is 4.39. The van der Waals surface area contributed by atoms with Crippen LogP contribution in [0.5, 0.6) is 0 Å². The quantitative estimate of drug-likeness (QED) is 0.0472. The van der Waals surface area contributed by atoms with E-state index < -0.39 is 28.0 Å². The van der Waals surface area contributed by atoms with Crippen LogP contribution in [0.2, 0.25) is 0 Å². The number of amides is 1. The van der Waals surface area contributed by atoms with Gasteiger partial charge < -0.3 is 10.4 Å². The Bertz CT molecular complexity index is 680. The molecular weight excluding hydrogens is 510 g/mol. The molecule has 1 amide bonds. The molecular formula is C32H63NO5S. The van der Waals surface area contributed by atoms with Crippen LogP contribution in [0.25, 0.3) is 0 Å². The molecule has 2 unspecified atom stereocenters. The van der Waals surface area contributed by atoms with Crippen LogP contribution >= 0.6 is 0 Å². The molecule has 0 heterocycles. The molecule has 6 nitrogen and oxygen atoms in total. The van der Waals surface area contributed by atoms with Crippen molar-refractivity contribution in [3.63, 3.8) is 0 Å². The lowest BCUT2D eigenvalue weighted by Crippen LogP contribution is -2.47. The smallest absolute Gasteiger partial charge is 0.266 e. The Morgan fingerprint density at radius 1 is 0.667 bits per heavy atom. The molecule has 0 aliphatic carbocycles. The molecule has 0 saturated carbocycles. The van der Waals surface area contributed by atoms with Gasteiger partial charge in [0.1, 0.15) is 0 Å². The first-order valence-corrected chi connectivity index (χ1v) is 18.0. The first-order chi connectivity index (χ1) is 18.8. The average molecular weight is 574 g/mol. The summed E-state index contributed by atoms with van der Waals surface area (Å²) in [6.07, 6.45) is 30.6. The number of carbonyl (C=O) groups is 1. The highest BCUT2D eigenvalue weighted by Crippen LogP contribution is 2.14. The van der Waals surface area contributed by atoms with E-state index in [1.165, 1.54) is 89.9 Å². The Hall–Kier alpha value is -0.920. The van der Waals surface area contributed by atoms with Gasteiger partial charge in [0.05, 0.1) is 17.9 Å². The van der Waals surface area contributed by atoms with Gasteiger partial charge in [-0.1, -0.05) is 135 Å². The van der Waals surface area contributed by atoms with E-state index in [0.717, 1.165) is 51.4 Å². The summed E-state index contributed by atoms with van der Waals surface area (Å²) in [5, 5.41) is 13.1. The van der Waals surface area contributed by atoms with Crippen molar-refractivity contribution in [1.82, 2.24) is 5.32 Å². The Kier molecular flexibility index (Phi) is 26.6. The summed E-state index contributed by atoms with van der Waals surface area (Å²) in [5.41, 5.74) is 0. The maximum absolute atomic E-state index is 12.3. The molecule has 0 aromatic heterocycles. The highest BCUT2D eigenvalue weighted by Gasteiger charge is 2.26. The highest BCUT2D eigenvalue weighted by atomic mass is 32.2. The summed E-state index contributed by atoms with van der Waals surface area (Å²) in [6, 6.07) is -0.963. The van der Waals surface area contributed by atoms with Crippen molar-refractivity contribution in [2.75, 3.05) is 5.75 Å². The lowest BCUT2D eigenvalue weighted by atomic mass is 10.0. The molecule has 0 rings (SSSR count). The molecule has 0 bridgehead atoms. The summed E-state index contributed by atoms with van der Waals surface area (Å²) >= 11 is 0. The minimum Gasteiger partial charge on any atom is -0.391 e. The molecule has 0 spiro atoms. The van der Waals surface area contributed by atoms with Gasteiger partial charge in [-0.3, -0.25) is 9.35 Å². The first kappa shape index (κ1) is 38.1. The van der Waals surface area contributed by atoms with Gasteiger partial charge in [0.2, 0.25) is 5.91 Å². The summed E-state index contributed by atoms with van der Waals surface area (Å²) < 4.78 is 32.0. The van der Waals surface area contributed by atoms with Gasteiger partial charge in [-0.25, -0.2) is 0 Å². The summed E-state index contributed by atoms with van der Waals surface area (Å²) in [4.78, 5) is 12.3. The van der Waals surface area contributed by atoms with Crippen molar-refractivity contribution in [3.05, 3.63) is 12.2 Å². The molecule has 0 aromatic carbocycles. The predicted octanol–water partition coefficient (Wildman–Crippen LogP) is 8.68. The third-order valence-corrected chi connectivity index (χ3v) is 8.25. The molecule has 0 radical (unpaired) electrons. The van der Waals surface area contributed by atoms with E-state index in [1.54, 1.807) is 0 Å². The third kappa shape index (κ3) is 28.4. The molecule has 3 N–H and O–H groups in total. The van der Waals surface area contributed by atoms with Crippen LogP contribution in [0.4, 0.5) is 0 Å². The van der Waals surface area contributed by atoms with E-state index in [2.05, 4.69) is 31.3 Å². The van der Waals surface area contributed by atoms with Gasteiger partial charge in [-0.05, 0) is 38.5 Å². The van der Waals surface area contributed by atoms with E-state index >= 15 is 0 Å². The number of carbonyl (C=O) groups excluding carboxylic acids is 1. The van der Waals surface area contributed by atoms with E-state index in [1.807, 2.05) is 0 Å². The van der Waals surface area contributed by atoms with Crippen molar-refractivity contribution in [1.29, 1.82) is 0 Å². The Balaban J connectivity index is 3.77. The predicted molar refractivity (Wildman–Crippen MR) is 166 cm³/mol. The largest absolute Gasteiger partial charge is 0.391 e. The fourth-order valence-electron chi connectivity index (χ4n) is 4.98. The maximum Gasteiger partial charge on any atom is 0.266 e. The highest BCUT2D eigenvalue weighted by molar-refractivity contribution is 7.85. The number of unbranched alkanes of at least 4 members (excludes halogenated alkanes) is 19. The van der Waals surface area contributed by atoms with Crippen LogP contribution in [0.3, 0.4) is 0 Å². The Morgan fingerprint density at radius 3 is 1.54 bits per heavy atom. The van der Waals surface area contributed by atoms with Crippen molar-refractivity contribution < 1.29 is 22.9 Å². The second kappa shape index (κ2) is 27.3. The van der Waals surface area contributed by atoms with Crippen LogP contribution in [0.1, 0.15) is 168 Å². The fraction of sp³-hybridized carbons (Fsp3) is 0.906. The second-order valence-corrected chi connectivity index (χ2v) is 12.9. The van der Waals surface area contributed by atoms with Crippen LogP contribution in [0, 0.1) is 0 Å². The standard InChI is InChI=1S/C32H63NO5S/c1-3-5-7-9-10-11-12-13-14-15-16-17-18-19-20-21-22-24-26-28-32(35)33-30(29-39(36,37)38)31(34)27-25-23-8-6-4-2/h13-14,30-31,34H,3-12,15-29H2,1-2H3,(H,33,35)(H,36,37,38)/b14-13-. The zero-order chi connectivity index (χ0) is 29.0. The zero-order valence-electron chi connectivity index (χ0n) is 25.5. The summed E-state index contributed by atoms with van der Waals surface area (Å²) in [5.74, 6) is -0.903. The molecule has 0 saturated heterocycles. The van der Waals surface area contributed by atoms with E-state index in [4.69, 9.17) is 0 Å². The summed E-state index contributed by atoms with van der Waals surface area (Å²) in [7, 11) is -4.29. The normalized spacial score (nSPS) is 13.6. The monoisotopic (exact) mass is 573 g/mol. The van der Waals surface area contributed by atoms with Crippen molar-refractivity contribution in [3.8, 4) is 0 Å². The topological polar surface area (TPSA) is 104 Å². The van der Waals surface area contributed by atoms with E-state index in [0.29, 0.717) is 12.8 Å². The van der Waals surface area contributed by atoms with Gasteiger partial charge in [-0.2, -0.15) is 8.42 Å². The third-order valence-electron chi connectivity index (χ3n) is 7.47. The maximum atomic E-state index is 12.3. The molecule has 7 heteroatoms. The molecule has 39 heavy (non-hydrogen) atoms. The Labute approximate surface area is 241 Å². The number of rotatable bonds is 29. The fourth-order valence-corrected chi connectivity index (χ4v) is 5.74. The van der Waals surface area contributed by atoms with E-state index in [9.17, 15) is 22.9 Å². The van der Waals surface area contributed by atoms with E-state index in [-0.39, 0.29) is 5.91 Å². The van der Waals surface area contributed by atoms with Crippen LogP contribution in [0.15, 0.2) is 12.2 Å². The number of hydrogen-bond donors (Lipinski definition) is 3. The molecule has 0 aliphatic heterocycles. The number of hydrogen-bond acceptors (Lipinski definition) is 4. The van der Waals surface area contributed by atoms with Gasteiger partial charge in [0, 0.05) is 6.42 Å². The zero-order valence-corrected chi connectivity index (χ0v) is 26.3. The van der Waals surface area contributed by atoms with Gasteiger partial charge in [-0.15, -0.1) is 0 Å². The molecule has 232 valence electrons. The molecule has 0 fully saturated rings. The first-order valence-electron chi connectivity index (χ1n) is 16.4. The van der Waals surface area contributed by atoms with Gasteiger partial charge >= 0.3 is 0 Å². The SMILES string of the molecule is CCCCCCCC/C=C\CCCCCCCCCCCC(=O)NC(CS(=O)(=O)O)C(O)CCCCCCC. The second-order valence-electron chi connectivity index (χ2n) is 11.4. The molecule has 2 atom stereocenters. The minimum absolute atomic E-state index is 0.255. The minimum atomic E-state index is -4.29. The number of nitrogens with one attached hydrogen (secondary N) is 1. The Morgan fingerprint density at radius 2 is 1.08 bits per heavy atom. The van der Waals surface area contributed by atoms with Crippen molar-refractivity contribution in [2.24, 2.45) is 0 Å². The van der Waals surface area contributed by atoms with Crippen molar-refractivity contribution in [2.45, 2.75) is 180 Å². The van der Waals surface area contributed by atoms with Crippen LogP contribution < -0.4 is 5.32 Å². The van der Waals surface area contributed by atoms with Crippen LogP contribution in [-0.2, 0) is 14.9 Å². The lowest BCUT2D eigenvalue weighted by Gasteiger charge is -2.23. The number of allylic oxidation sites excluding steroid dienone is 2. The van der Waals surface area contributed by atoms with Crippen LogP contribution in [-0.4, -0.2) is 41.9 Å². The average Bonchev–Trinajstić information content (AvgIpc) is 2.88. The van der Waals surface area contributed by atoms with Gasteiger partial charge in [0.15, 0.2) is 0 Å². The number of aliphatic hydroxyl groups excluding tert-OH is 1.